The summed E-state index contributed by atoms with van der Waals surface area (Å²) >= 11 is 4.45. The second-order valence-electron chi connectivity index (χ2n) is 15.6. The number of fused-ring (bicyclic) bond motifs is 4. The van der Waals surface area contributed by atoms with E-state index in [1.54, 1.807) is 0 Å². The van der Waals surface area contributed by atoms with Crippen molar-refractivity contribution < 1.29 is 172 Å². The average Bonchev–Trinajstić information content (AvgIpc) is 4.02. The molecule has 440 valence electrons. The van der Waals surface area contributed by atoms with Gasteiger partial charge < -0.3 is 30.3 Å². The first-order valence-electron chi connectivity index (χ1n) is 18.8. The van der Waals surface area contributed by atoms with Crippen molar-refractivity contribution in [3.05, 3.63) is 46.6 Å². The van der Waals surface area contributed by atoms with E-state index in [2.05, 4.69) is 29.5 Å². The molecule has 0 aliphatic heterocycles. The van der Waals surface area contributed by atoms with Crippen LogP contribution in [-0.4, -0.2) is 135 Å². The molecule has 0 aromatic heterocycles. The van der Waals surface area contributed by atoms with Gasteiger partial charge in [0.1, 0.15) is 11.1 Å². The van der Waals surface area contributed by atoms with E-state index in [4.69, 9.17) is 5.11 Å². The highest BCUT2D eigenvalue weighted by Gasteiger charge is 2.82. The number of alkyl halides is 30. The maximum absolute atomic E-state index is 13.1. The van der Waals surface area contributed by atoms with Crippen molar-refractivity contribution in [2.24, 2.45) is 23.7 Å². The van der Waals surface area contributed by atoms with E-state index in [-0.39, 0.29) is 0 Å². The average molecular weight is 1200 g/mol. The molecule has 0 aromatic rings. The molecule has 4 atom stereocenters. The number of aliphatic hydroxyl groups excluding tert-OH is 1. The molecule has 0 saturated heterocycles. The maximum Gasteiger partial charge on any atom is 0.430 e. The zero-order valence-electron chi connectivity index (χ0n) is 36.1. The van der Waals surface area contributed by atoms with Crippen molar-refractivity contribution in [3.63, 3.8) is 0 Å². The molecule has 4 unspecified atom stereocenters. The van der Waals surface area contributed by atoms with Gasteiger partial charge in [-0.15, -0.1) is 0 Å². The quantitative estimate of drug-likeness (QED) is 0.0581. The van der Waals surface area contributed by atoms with Gasteiger partial charge in [0, 0.05) is 7.11 Å². The minimum atomic E-state index is -6.67. The lowest BCUT2D eigenvalue weighted by molar-refractivity contribution is -0.364. The fourth-order valence-corrected chi connectivity index (χ4v) is 8.17. The Morgan fingerprint density at radius 3 is 0.640 bits per heavy atom. The summed E-state index contributed by atoms with van der Waals surface area (Å²) in [6, 6.07) is 0. The summed E-state index contributed by atoms with van der Waals surface area (Å²) in [7, 11) is 1.86. The molecule has 2 saturated carbocycles. The Balaban J connectivity index is 0.00000107. The normalized spacial score (nSPS) is 21.3. The summed E-state index contributed by atoms with van der Waals surface area (Å²) in [4.78, 5) is 19.9. The van der Waals surface area contributed by atoms with Crippen molar-refractivity contribution in [1.82, 2.24) is 0 Å². The highest BCUT2D eigenvalue weighted by molar-refractivity contribution is 6.67. The molecule has 0 spiro atoms. The minimum Gasteiger partial charge on any atom is -0.465 e. The summed E-state index contributed by atoms with van der Waals surface area (Å²) in [6.07, 6.45) is -67.0. The van der Waals surface area contributed by atoms with Crippen LogP contribution in [0.5, 0.6) is 0 Å². The van der Waals surface area contributed by atoms with Crippen LogP contribution in [0, 0.1) is 23.7 Å². The van der Waals surface area contributed by atoms with Crippen molar-refractivity contribution in [3.8, 4) is 0 Å². The van der Waals surface area contributed by atoms with Crippen molar-refractivity contribution >= 4 is 22.8 Å². The lowest BCUT2D eigenvalue weighted by atomic mass is 9.73. The standard InChI is InChI=1S/2C13H10F12O2.C5H5F3O2.C4H2ClF3O.CH4O/c2*14-10(15,16)8(26,11(17,18)19)6-4-1-2-5(3-4)7(6)9(27,12(20,21)22)13(23,24)25;1-3(4(9)10-2)5(6,7)8;1-2(3(5)9)4(6,7)8;1-2/h2*4-5,26-27H,1-3H2;1H2,2H3;1H2;2H,1H3. The molecule has 4 aliphatic rings. The van der Waals surface area contributed by atoms with Gasteiger partial charge in [-0.2, -0.15) is 132 Å². The van der Waals surface area contributed by atoms with E-state index in [1.165, 1.54) is 0 Å². The zero-order chi connectivity index (χ0) is 60.9. The van der Waals surface area contributed by atoms with Crippen LogP contribution in [0.3, 0.4) is 0 Å². The SMILES string of the molecule is C=C(C(=O)Cl)C(F)(F)F.C=C(C(=O)OC)C(F)(F)F.CO.OC(C1=C(C(O)(C(F)(F)F)C(F)(F)F)C2CCC1C2)(C(F)(F)F)C(F)(F)F.OC(C1=C(C(O)(C(F)(F)F)C(F)(F)F)C2CCC1C2)(C(F)(F)F)C(F)(F)F. The van der Waals surface area contributed by atoms with Gasteiger partial charge in [0.15, 0.2) is 0 Å². The minimum absolute atomic E-state index is 0.593. The smallest absolute Gasteiger partial charge is 0.430 e. The third-order valence-corrected chi connectivity index (χ3v) is 11.5. The van der Waals surface area contributed by atoms with Crippen molar-refractivity contribution in [2.75, 3.05) is 14.2 Å². The Hall–Kier alpha value is -3.91. The Morgan fingerprint density at radius 2 is 0.560 bits per heavy atom. The number of carbonyl (C=O) groups is 2. The predicted octanol–water partition coefficient (Wildman–Crippen LogP) is 11.6. The van der Waals surface area contributed by atoms with E-state index in [1.807, 2.05) is 0 Å². The summed E-state index contributed by atoms with van der Waals surface area (Å²) in [5, 5.41) is 43.1. The number of rotatable bonds is 6. The topological polar surface area (TPSA) is 145 Å². The van der Waals surface area contributed by atoms with Gasteiger partial charge in [0.2, 0.25) is 0 Å². The molecule has 75 heavy (non-hydrogen) atoms. The lowest BCUT2D eigenvalue weighted by Crippen LogP contribution is -2.63. The summed E-state index contributed by atoms with van der Waals surface area (Å²) in [5.41, 5.74) is -36.9. The van der Waals surface area contributed by atoms with Crippen LogP contribution in [0.1, 0.15) is 38.5 Å². The second kappa shape index (κ2) is 22.1. The van der Waals surface area contributed by atoms with Gasteiger partial charge in [-0.1, -0.05) is 13.2 Å². The van der Waals surface area contributed by atoms with Crippen LogP contribution >= 0.6 is 11.6 Å². The van der Waals surface area contributed by atoms with E-state index in [9.17, 15) is 162 Å². The number of hydrogen-bond acceptors (Lipinski definition) is 8. The number of allylic oxidation sites excluding steroid dienone is 1. The summed E-state index contributed by atoms with van der Waals surface area (Å²) < 4.78 is 386. The maximum atomic E-state index is 13.1. The molecule has 4 aliphatic carbocycles. The van der Waals surface area contributed by atoms with Gasteiger partial charge in [-0.05, 0) is 96.1 Å². The lowest BCUT2D eigenvalue weighted by Gasteiger charge is -2.42. The summed E-state index contributed by atoms with van der Waals surface area (Å²) in [5.74, 6) is -9.64. The number of esters is 1. The van der Waals surface area contributed by atoms with Crippen LogP contribution in [-0.2, 0) is 14.3 Å². The first-order valence-corrected chi connectivity index (χ1v) is 19.2. The number of hydrogen-bond donors (Lipinski definition) is 5. The second-order valence-corrected chi connectivity index (χ2v) is 16.0. The highest BCUT2D eigenvalue weighted by Crippen LogP contribution is 2.67. The molecular weight excluding hydrogens is 1170 g/mol. The first kappa shape index (κ1) is 71.1. The fourth-order valence-electron chi connectivity index (χ4n) is 8.07. The highest BCUT2D eigenvalue weighted by atomic mass is 35.5. The van der Waals surface area contributed by atoms with E-state index >= 15 is 0 Å². The number of aliphatic hydroxyl groups is 5. The molecule has 5 N–H and O–H groups in total. The van der Waals surface area contributed by atoms with E-state index < -0.39 is 191 Å². The predicted molar refractivity (Wildman–Crippen MR) is 185 cm³/mol. The Labute approximate surface area is 401 Å². The number of ether oxygens (including phenoxy) is 1. The summed E-state index contributed by atoms with van der Waals surface area (Å²) in [6.45, 7) is 4.92. The van der Waals surface area contributed by atoms with Gasteiger partial charge in [0.25, 0.3) is 27.6 Å². The first-order chi connectivity index (χ1) is 32.7. The molecule has 2 fully saturated rings. The molecule has 0 heterocycles. The monoisotopic (exact) mass is 1200 g/mol. The zero-order valence-corrected chi connectivity index (χ0v) is 36.9. The largest absolute Gasteiger partial charge is 0.465 e. The van der Waals surface area contributed by atoms with Crippen LogP contribution < -0.4 is 0 Å². The fraction of sp³-hybridized carbons (Fsp3) is 0.722. The molecule has 4 bridgehead atoms. The van der Waals surface area contributed by atoms with E-state index in [0.29, 0.717) is 0 Å². The van der Waals surface area contributed by atoms with Crippen LogP contribution in [0.4, 0.5) is 132 Å². The van der Waals surface area contributed by atoms with Gasteiger partial charge in [0.05, 0.1) is 7.11 Å². The molecule has 8 nitrogen and oxygen atoms in total. The molecular formula is C36H31ClF30O8. The van der Waals surface area contributed by atoms with Gasteiger partial charge in [-0.3, -0.25) is 4.79 Å². The van der Waals surface area contributed by atoms with E-state index in [0.717, 1.165) is 14.2 Å². The van der Waals surface area contributed by atoms with Crippen molar-refractivity contribution in [2.45, 2.75) is 123 Å². The molecule has 39 heteroatoms. The molecule has 4 rings (SSSR count). The Bertz CT molecular complexity index is 1850. The number of carbonyl (C=O) groups excluding carboxylic acids is 2. The molecule has 0 radical (unpaired) electrons. The third-order valence-electron chi connectivity index (χ3n) is 11.3. The van der Waals surface area contributed by atoms with Crippen molar-refractivity contribution in [1.29, 1.82) is 0 Å². The van der Waals surface area contributed by atoms with Crippen LogP contribution in [0.2, 0.25) is 0 Å². The number of methoxy groups -OCH3 is 1. The Morgan fingerprint density at radius 1 is 0.400 bits per heavy atom. The van der Waals surface area contributed by atoms with Gasteiger partial charge in [-0.25, -0.2) is 4.79 Å². The van der Waals surface area contributed by atoms with Crippen LogP contribution in [0.15, 0.2) is 46.6 Å². The Kier molecular flexibility index (Phi) is 20.9. The molecule has 0 amide bonds. The van der Waals surface area contributed by atoms with Crippen LogP contribution in [0.25, 0.3) is 0 Å². The molecule has 0 aromatic carbocycles. The number of halogens is 31. The van der Waals surface area contributed by atoms with Gasteiger partial charge >= 0.3 is 67.7 Å². The third kappa shape index (κ3) is 13.3.